The predicted octanol–water partition coefficient (Wildman–Crippen LogP) is 3.52. The largest absolute Gasteiger partial charge is 0.368 e. The fraction of sp³-hybridized carbons (Fsp3) is 0.533. The molecule has 0 amide bonds. The molecule has 0 atom stereocenters. The summed E-state index contributed by atoms with van der Waals surface area (Å²) in [6, 6.07) is 6.29. The van der Waals surface area contributed by atoms with Crippen LogP contribution in [0, 0.1) is 0 Å². The minimum absolute atomic E-state index is 0.987. The van der Waals surface area contributed by atoms with Crippen molar-refractivity contribution in [2.75, 3.05) is 18.0 Å². The second kappa shape index (κ2) is 5.89. The number of fused-ring (bicyclic) bond motifs is 1. The Labute approximate surface area is 109 Å². The molecule has 3 nitrogen and oxygen atoms in total. The molecule has 0 radical (unpaired) electrons. The summed E-state index contributed by atoms with van der Waals surface area (Å²) in [5.41, 5.74) is 3.78. The van der Waals surface area contributed by atoms with E-state index in [1.165, 1.54) is 29.7 Å². The standard InChI is InChI=1S/C15H23N3/c1-4-10-17(11-5-2)15-13(6-3)16-18-12-8-7-9-14(15)18/h7-9,12H,4-6,10-11H2,1-3H3. The molecule has 0 aromatic carbocycles. The summed E-state index contributed by atoms with van der Waals surface area (Å²) in [4.78, 5) is 2.49. The second-order valence-corrected chi connectivity index (χ2v) is 4.67. The van der Waals surface area contributed by atoms with Crippen molar-refractivity contribution in [2.24, 2.45) is 0 Å². The molecule has 0 aliphatic carbocycles. The van der Waals surface area contributed by atoms with Crippen molar-refractivity contribution in [2.45, 2.75) is 40.0 Å². The molecule has 0 fully saturated rings. The summed E-state index contributed by atoms with van der Waals surface area (Å²) in [6.45, 7) is 8.87. The van der Waals surface area contributed by atoms with Crippen LogP contribution in [0.25, 0.3) is 5.52 Å². The van der Waals surface area contributed by atoms with Gasteiger partial charge in [-0.2, -0.15) is 5.10 Å². The molecule has 0 saturated carbocycles. The fourth-order valence-corrected chi connectivity index (χ4v) is 2.49. The van der Waals surface area contributed by atoms with Crippen molar-refractivity contribution in [1.82, 2.24) is 9.61 Å². The van der Waals surface area contributed by atoms with Crippen LogP contribution in [0.2, 0.25) is 0 Å². The van der Waals surface area contributed by atoms with E-state index in [0.29, 0.717) is 0 Å². The quantitative estimate of drug-likeness (QED) is 0.776. The predicted molar refractivity (Wildman–Crippen MR) is 77.4 cm³/mol. The van der Waals surface area contributed by atoms with Crippen molar-refractivity contribution in [3.63, 3.8) is 0 Å². The van der Waals surface area contributed by atoms with Crippen molar-refractivity contribution in [1.29, 1.82) is 0 Å². The highest BCUT2D eigenvalue weighted by atomic mass is 15.3. The first-order valence-corrected chi connectivity index (χ1v) is 7.03. The van der Waals surface area contributed by atoms with E-state index >= 15 is 0 Å². The lowest BCUT2D eigenvalue weighted by Gasteiger charge is -2.23. The zero-order valence-corrected chi connectivity index (χ0v) is 11.7. The number of rotatable bonds is 6. The number of aromatic nitrogens is 2. The number of hydrogen-bond donors (Lipinski definition) is 0. The Morgan fingerprint density at radius 3 is 2.44 bits per heavy atom. The molecule has 0 aliphatic heterocycles. The maximum atomic E-state index is 4.69. The average Bonchev–Trinajstić information content (AvgIpc) is 2.76. The van der Waals surface area contributed by atoms with Crippen molar-refractivity contribution in [3.05, 3.63) is 30.1 Å². The van der Waals surface area contributed by atoms with Crippen LogP contribution in [0.5, 0.6) is 0 Å². The van der Waals surface area contributed by atoms with Crippen LogP contribution >= 0.6 is 0 Å². The molecule has 18 heavy (non-hydrogen) atoms. The molecule has 2 rings (SSSR count). The molecule has 0 bridgehead atoms. The zero-order valence-electron chi connectivity index (χ0n) is 11.7. The Morgan fingerprint density at radius 2 is 1.83 bits per heavy atom. The van der Waals surface area contributed by atoms with E-state index in [-0.39, 0.29) is 0 Å². The molecule has 3 heteroatoms. The van der Waals surface area contributed by atoms with Gasteiger partial charge in [0.2, 0.25) is 0 Å². The van der Waals surface area contributed by atoms with Gasteiger partial charge in [0.25, 0.3) is 0 Å². The zero-order chi connectivity index (χ0) is 13.0. The SMILES string of the molecule is CCCN(CCC)c1c(CC)nn2ccccc12. The van der Waals surface area contributed by atoms with Gasteiger partial charge in [-0.05, 0) is 31.4 Å². The summed E-state index contributed by atoms with van der Waals surface area (Å²) in [7, 11) is 0. The van der Waals surface area contributed by atoms with Gasteiger partial charge in [-0.25, -0.2) is 4.52 Å². The highest BCUT2D eigenvalue weighted by molar-refractivity contribution is 5.75. The molecule has 2 aromatic heterocycles. The number of nitrogens with zero attached hydrogens (tertiary/aromatic N) is 3. The lowest BCUT2D eigenvalue weighted by atomic mass is 10.2. The fourth-order valence-electron chi connectivity index (χ4n) is 2.49. The molecule has 2 heterocycles. The van der Waals surface area contributed by atoms with Crippen LogP contribution in [0.15, 0.2) is 24.4 Å². The Morgan fingerprint density at radius 1 is 1.11 bits per heavy atom. The number of pyridine rings is 1. The summed E-state index contributed by atoms with van der Waals surface area (Å²) < 4.78 is 2.01. The van der Waals surface area contributed by atoms with Gasteiger partial charge in [0.1, 0.15) is 0 Å². The number of aryl methyl sites for hydroxylation is 1. The van der Waals surface area contributed by atoms with Gasteiger partial charge in [0, 0.05) is 19.3 Å². The van der Waals surface area contributed by atoms with E-state index in [1.54, 1.807) is 0 Å². The molecule has 0 aliphatic rings. The van der Waals surface area contributed by atoms with Gasteiger partial charge in [0.05, 0.1) is 16.9 Å². The Hall–Kier alpha value is -1.51. The van der Waals surface area contributed by atoms with E-state index in [9.17, 15) is 0 Å². The van der Waals surface area contributed by atoms with Gasteiger partial charge >= 0.3 is 0 Å². The van der Waals surface area contributed by atoms with Crippen molar-refractivity contribution < 1.29 is 0 Å². The van der Waals surface area contributed by atoms with Crippen LogP contribution in [0.1, 0.15) is 39.3 Å². The maximum absolute atomic E-state index is 4.69. The lowest BCUT2D eigenvalue weighted by Crippen LogP contribution is -2.25. The summed E-state index contributed by atoms with van der Waals surface area (Å²) in [6.07, 6.45) is 5.37. The number of anilines is 1. The second-order valence-electron chi connectivity index (χ2n) is 4.67. The van der Waals surface area contributed by atoms with Gasteiger partial charge < -0.3 is 4.90 Å². The average molecular weight is 245 g/mol. The molecule has 0 unspecified atom stereocenters. The summed E-state index contributed by atoms with van der Waals surface area (Å²) in [5, 5.41) is 4.69. The first-order chi connectivity index (χ1) is 8.81. The van der Waals surface area contributed by atoms with Gasteiger partial charge in [-0.1, -0.05) is 26.8 Å². The van der Waals surface area contributed by atoms with Gasteiger partial charge in [0.15, 0.2) is 0 Å². The molecule has 98 valence electrons. The van der Waals surface area contributed by atoms with Gasteiger partial charge in [-0.3, -0.25) is 0 Å². The maximum Gasteiger partial charge on any atom is 0.0898 e. The third kappa shape index (κ3) is 2.35. The Balaban J connectivity index is 2.51. The summed E-state index contributed by atoms with van der Waals surface area (Å²) in [5.74, 6) is 0. The Bertz CT molecular complexity index is 495. The number of hydrogen-bond acceptors (Lipinski definition) is 2. The Kier molecular flexibility index (Phi) is 4.24. The van der Waals surface area contributed by atoms with E-state index < -0.39 is 0 Å². The highest BCUT2D eigenvalue weighted by Gasteiger charge is 2.16. The van der Waals surface area contributed by atoms with Crippen LogP contribution in [-0.4, -0.2) is 22.7 Å². The van der Waals surface area contributed by atoms with Crippen molar-refractivity contribution in [3.8, 4) is 0 Å². The third-order valence-electron chi connectivity index (χ3n) is 3.22. The first-order valence-electron chi connectivity index (χ1n) is 7.03. The minimum Gasteiger partial charge on any atom is -0.368 e. The normalized spacial score (nSPS) is 11.1. The molecule has 0 N–H and O–H groups in total. The molecular weight excluding hydrogens is 222 g/mol. The molecular formula is C15H23N3. The van der Waals surface area contributed by atoms with Crippen LogP contribution in [0.4, 0.5) is 5.69 Å². The van der Waals surface area contributed by atoms with Gasteiger partial charge in [-0.15, -0.1) is 0 Å². The van der Waals surface area contributed by atoms with Crippen LogP contribution in [0.3, 0.4) is 0 Å². The highest BCUT2D eigenvalue weighted by Crippen LogP contribution is 2.27. The molecule has 2 aromatic rings. The molecule has 0 spiro atoms. The first kappa shape index (κ1) is 12.9. The van der Waals surface area contributed by atoms with Crippen LogP contribution in [-0.2, 0) is 6.42 Å². The van der Waals surface area contributed by atoms with Crippen molar-refractivity contribution >= 4 is 11.2 Å². The van der Waals surface area contributed by atoms with Crippen LogP contribution < -0.4 is 4.90 Å². The smallest absolute Gasteiger partial charge is 0.0898 e. The van der Waals surface area contributed by atoms with E-state index in [1.807, 2.05) is 16.8 Å². The lowest BCUT2D eigenvalue weighted by molar-refractivity contribution is 0.742. The van der Waals surface area contributed by atoms with E-state index in [2.05, 4.69) is 37.8 Å². The third-order valence-corrected chi connectivity index (χ3v) is 3.22. The van der Waals surface area contributed by atoms with E-state index in [0.717, 1.165) is 19.5 Å². The monoisotopic (exact) mass is 245 g/mol. The molecule has 0 saturated heterocycles. The summed E-state index contributed by atoms with van der Waals surface area (Å²) >= 11 is 0. The minimum atomic E-state index is 0.987. The van der Waals surface area contributed by atoms with E-state index in [4.69, 9.17) is 5.10 Å². The topological polar surface area (TPSA) is 20.5 Å².